The first kappa shape index (κ1) is 19.4. The molecule has 4 nitrogen and oxygen atoms in total. The average molecular weight is 373 g/mol. The van der Waals surface area contributed by atoms with E-state index in [2.05, 4.69) is 5.32 Å². The summed E-state index contributed by atoms with van der Waals surface area (Å²) in [6, 6.07) is 23.6. The van der Waals surface area contributed by atoms with Crippen molar-refractivity contribution >= 4 is 17.4 Å². The van der Waals surface area contributed by atoms with Gasteiger partial charge < -0.3 is 10.1 Å². The summed E-state index contributed by atoms with van der Waals surface area (Å²) >= 11 is 0. The quantitative estimate of drug-likeness (QED) is 0.573. The molecule has 0 saturated heterocycles. The number of aryl methyl sites for hydroxylation is 1. The Morgan fingerprint density at radius 1 is 0.857 bits per heavy atom. The minimum atomic E-state index is -0.546. The van der Waals surface area contributed by atoms with E-state index in [1.165, 1.54) is 0 Å². The van der Waals surface area contributed by atoms with Crippen LogP contribution in [0, 0.1) is 6.92 Å². The number of rotatable bonds is 7. The van der Waals surface area contributed by atoms with Gasteiger partial charge in [-0.2, -0.15) is 0 Å². The summed E-state index contributed by atoms with van der Waals surface area (Å²) in [6.07, 6.45) is 0.0232. The van der Waals surface area contributed by atoms with Gasteiger partial charge in [0.15, 0.2) is 6.10 Å². The van der Waals surface area contributed by atoms with Crippen molar-refractivity contribution in [3.05, 3.63) is 95.6 Å². The standard InChI is InChI=1S/C24H23NO3/c1-3-22(23(26)18-7-5-4-6-8-18)28-21-15-13-20(14-16-21)25-24(27)19-11-9-17(2)10-12-19/h4-16,22H,3H2,1-2H3,(H,25,27). The number of hydrogen-bond donors (Lipinski definition) is 1. The summed E-state index contributed by atoms with van der Waals surface area (Å²) in [4.78, 5) is 24.9. The Labute approximate surface area is 165 Å². The maximum absolute atomic E-state index is 12.6. The van der Waals surface area contributed by atoms with E-state index in [0.29, 0.717) is 29.0 Å². The molecule has 1 amide bonds. The Morgan fingerprint density at radius 2 is 1.50 bits per heavy atom. The van der Waals surface area contributed by atoms with E-state index in [9.17, 15) is 9.59 Å². The minimum absolute atomic E-state index is 0.0418. The van der Waals surface area contributed by atoms with Crippen LogP contribution in [0.15, 0.2) is 78.9 Å². The van der Waals surface area contributed by atoms with Crippen LogP contribution in [-0.2, 0) is 0 Å². The molecular weight excluding hydrogens is 350 g/mol. The average Bonchev–Trinajstić information content (AvgIpc) is 2.73. The van der Waals surface area contributed by atoms with Gasteiger partial charge in [0.25, 0.3) is 5.91 Å². The third-order valence-electron chi connectivity index (χ3n) is 4.43. The highest BCUT2D eigenvalue weighted by Crippen LogP contribution is 2.20. The summed E-state index contributed by atoms with van der Waals surface area (Å²) in [5.74, 6) is 0.378. The molecule has 0 aliphatic rings. The Balaban J connectivity index is 1.64. The van der Waals surface area contributed by atoms with E-state index in [1.807, 2.05) is 44.2 Å². The number of nitrogens with one attached hydrogen (secondary N) is 1. The number of carbonyl (C=O) groups is 2. The van der Waals surface area contributed by atoms with Gasteiger partial charge in [-0.15, -0.1) is 0 Å². The number of amides is 1. The maximum Gasteiger partial charge on any atom is 0.255 e. The van der Waals surface area contributed by atoms with E-state index in [0.717, 1.165) is 5.56 Å². The Hall–Kier alpha value is -3.40. The van der Waals surface area contributed by atoms with Crippen molar-refractivity contribution in [3.63, 3.8) is 0 Å². The molecule has 0 bridgehead atoms. The maximum atomic E-state index is 12.6. The Kier molecular flexibility index (Phi) is 6.22. The fraction of sp³-hybridized carbons (Fsp3) is 0.167. The van der Waals surface area contributed by atoms with Crippen LogP contribution in [0.5, 0.6) is 5.75 Å². The SMILES string of the molecule is CCC(Oc1ccc(NC(=O)c2ccc(C)cc2)cc1)C(=O)c1ccccc1. The van der Waals surface area contributed by atoms with Crippen molar-refractivity contribution in [2.45, 2.75) is 26.4 Å². The summed E-state index contributed by atoms with van der Waals surface area (Å²) in [5, 5.41) is 2.86. The second kappa shape index (κ2) is 9.00. The van der Waals surface area contributed by atoms with Crippen LogP contribution in [0.2, 0.25) is 0 Å². The van der Waals surface area contributed by atoms with E-state index in [1.54, 1.807) is 48.5 Å². The summed E-state index contributed by atoms with van der Waals surface area (Å²) in [6.45, 7) is 3.90. The van der Waals surface area contributed by atoms with Crippen molar-refractivity contribution in [1.82, 2.24) is 0 Å². The van der Waals surface area contributed by atoms with E-state index in [4.69, 9.17) is 4.74 Å². The van der Waals surface area contributed by atoms with Crippen LogP contribution < -0.4 is 10.1 Å². The molecule has 28 heavy (non-hydrogen) atoms. The van der Waals surface area contributed by atoms with Crippen LogP contribution in [0.25, 0.3) is 0 Å². The van der Waals surface area contributed by atoms with Crippen molar-refractivity contribution in [2.24, 2.45) is 0 Å². The largest absolute Gasteiger partial charge is 0.482 e. The van der Waals surface area contributed by atoms with Gasteiger partial charge in [0.05, 0.1) is 0 Å². The van der Waals surface area contributed by atoms with Crippen LogP contribution in [0.4, 0.5) is 5.69 Å². The predicted molar refractivity (Wildman–Crippen MR) is 111 cm³/mol. The van der Waals surface area contributed by atoms with Gasteiger partial charge in [-0.25, -0.2) is 0 Å². The van der Waals surface area contributed by atoms with Gasteiger partial charge in [0, 0.05) is 16.8 Å². The molecule has 0 fully saturated rings. The lowest BCUT2D eigenvalue weighted by Crippen LogP contribution is -2.26. The van der Waals surface area contributed by atoms with Gasteiger partial charge >= 0.3 is 0 Å². The third kappa shape index (κ3) is 4.86. The zero-order valence-corrected chi connectivity index (χ0v) is 16.0. The zero-order chi connectivity index (χ0) is 19.9. The molecule has 0 aliphatic heterocycles. The molecule has 0 spiro atoms. The number of hydrogen-bond acceptors (Lipinski definition) is 3. The normalized spacial score (nSPS) is 11.5. The fourth-order valence-electron chi connectivity index (χ4n) is 2.80. The fourth-order valence-corrected chi connectivity index (χ4v) is 2.80. The van der Waals surface area contributed by atoms with Crippen molar-refractivity contribution in [1.29, 1.82) is 0 Å². The highest BCUT2D eigenvalue weighted by atomic mass is 16.5. The molecule has 1 N–H and O–H groups in total. The van der Waals surface area contributed by atoms with Gasteiger partial charge in [-0.05, 0) is 49.7 Å². The van der Waals surface area contributed by atoms with E-state index in [-0.39, 0.29) is 11.7 Å². The van der Waals surface area contributed by atoms with Crippen molar-refractivity contribution in [2.75, 3.05) is 5.32 Å². The van der Waals surface area contributed by atoms with Crippen LogP contribution in [-0.4, -0.2) is 17.8 Å². The first-order chi connectivity index (χ1) is 13.6. The molecular formula is C24H23NO3. The lowest BCUT2D eigenvalue weighted by Gasteiger charge is -2.17. The Bertz CT molecular complexity index is 932. The Morgan fingerprint density at radius 3 is 2.11 bits per heavy atom. The second-order valence-electron chi connectivity index (χ2n) is 6.59. The summed E-state index contributed by atoms with van der Waals surface area (Å²) < 4.78 is 5.88. The lowest BCUT2D eigenvalue weighted by molar-refractivity contribution is 0.0786. The molecule has 0 aliphatic carbocycles. The smallest absolute Gasteiger partial charge is 0.255 e. The zero-order valence-electron chi connectivity index (χ0n) is 16.0. The highest BCUT2D eigenvalue weighted by Gasteiger charge is 2.20. The van der Waals surface area contributed by atoms with Crippen molar-refractivity contribution < 1.29 is 14.3 Å². The summed E-state index contributed by atoms with van der Waals surface area (Å²) in [5.41, 5.74) is 3.01. The van der Waals surface area contributed by atoms with Crippen LogP contribution >= 0.6 is 0 Å². The molecule has 4 heteroatoms. The third-order valence-corrected chi connectivity index (χ3v) is 4.43. The first-order valence-corrected chi connectivity index (χ1v) is 9.31. The van der Waals surface area contributed by atoms with Crippen molar-refractivity contribution in [3.8, 4) is 5.75 Å². The molecule has 0 saturated carbocycles. The molecule has 1 unspecified atom stereocenters. The number of anilines is 1. The number of carbonyl (C=O) groups excluding carboxylic acids is 2. The minimum Gasteiger partial charge on any atom is -0.482 e. The predicted octanol–water partition coefficient (Wildman–Crippen LogP) is 5.29. The number of ether oxygens (including phenoxy) is 1. The van der Waals surface area contributed by atoms with Gasteiger partial charge in [-0.1, -0.05) is 55.0 Å². The lowest BCUT2D eigenvalue weighted by atomic mass is 10.0. The molecule has 0 aromatic heterocycles. The van der Waals surface area contributed by atoms with Crippen LogP contribution in [0.1, 0.15) is 39.6 Å². The number of Topliss-reactive ketones (excluding diaryl/α,β-unsaturated/α-hetero) is 1. The second-order valence-corrected chi connectivity index (χ2v) is 6.59. The van der Waals surface area contributed by atoms with E-state index >= 15 is 0 Å². The molecule has 0 radical (unpaired) electrons. The molecule has 142 valence electrons. The van der Waals surface area contributed by atoms with Gasteiger partial charge in [-0.3, -0.25) is 9.59 Å². The number of ketones is 1. The van der Waals surface area contributed by atoms with E-state index < -0.39 is 6.10 Å². The molecule has 1 atom stereocenters. The first-order valence-electron chi connectivity index (χ1n) is 9.31. The molecule has 3 rings (SSSR count). The molecule has 3 aromatic rings. The number of benzene rings is 3. The molecule has 3 aromatic carbocycles. The monoisotopic (exact) mass is 373 g/mol. The highest BCUT2D eigenvalue weighted by molar-refractivity contribution is 6.04. The van der Waals surface area contributed by atoms with Crippen LogP contribution in [0.3, 0.4) is 0 Å². The van der Waals surface area contributed by atoms with Gasteiger partial charge in [0.2, 0.25) is 5.78 Å². The summed E-state index contributed by atoms with van der Waals surface area (Å²) in [7, 11) is 0. The van der Waals surface area contributed by atoms with Gasteiger partial charge in [0.1, 0.15) is 5.75 Å². The molecule has 0 heterocycles. The topological polar surface area (TPSA) is 55.4 Å².